The summed E-state index contributed by atoms with van der Waals surface area (Å²) in [5.74, 6) is 0.315. The molecule has 0 aliphatic carbocycles. The second kappa shape index (κ2) is 5.83. The zero-order valence-corrected chi connectivity index (χ0v) is 11.1. The van der Waals surface area contributed by atoms with Crippen molar-refractivity contribution >= 4 is 5.91 Å². The first-order chi connectivity index (χ1) is 8.20. The molecule has 98 valence electrons. The van der Waals surface area contributed by atoms with E-state index in [2.05, 4.69) is 24.2 Å². The molecule has 0 aromatic heterocycles. The summed E-state index contributed by atoms with van der Waals surface area (Å²) in [5, 5.41) is 3.41. The third-order valence-corrected chi connectivity index (χ3v) is 4.23. The summed E-state index contributed by atoms with van der Waals surface area (Å²) in [6.45, 7) is 6.11. The number of nitrogens with zero attached hydrogens (tertiary/aromatic N) is 2. The van der Waals surface area contributed by atoms with Crippen LogP contribution in [0.3, 0.4) is 0 Å². The molecule has 0 radical (unpaired) electrons. The van der Waals surface area contributed by atoms with Crippen molar-refractivity contribution in [2.75, 3.05) is 33.2 Å². The molecule has 2 rings (SSSR count). The molecule has 2 fully saturated rings. The van der Waals surface area contributed by atoms with Gasteiger partial charge in [0.05, 0.1) is 6.04 Å². The predicted octanol–water partition coefficient (Wildman–Crippen LogP) is 0.681. The second-order valence-corrected chi connectivity index (χ2v) is 5.37. The van der Waals surface area contributed by atoms with E-state index < -0.39 is 0 Å². The molecule has 0 saturated carbocycles. The van der Waals surface area contributed by atoms with Crippen molar-refractivity contribution < 1.29 is 4.79 Å². The fraction of sp³-hybridized carbons (Fsp3) is 0.923. The maximum atomic E-state index is 12.3. The van der Waals surface area contributed by atoms with Crippen molar-refractivity contribution in [1.82, 2.24) is 15.1 Å². The topological polar surface area (TPSA) is 35.6 Å². The number of rotatable bonds is 3. The van der Waals surface area contributed by atoms with Crippen LogP contribution in [-0.4, -0.2) is 61.0 Å². The summed E-state index contributed by atoms with van der Waals surface area (Å²) in [5.41, 5.74) is 0. The number of nitrogens with one attached hydrogen (secondary N) is 1. The van der Waals surface area contributed by atoms with Gasteiger partial charge in [0.2, 0.25) is 5.91 Å². The van der Waals surface area contributed by atoms with Crippen LogP contribution >= 0.6 is 0 Å². The van der Waals surface area contributed by atoms with Crippen molar-refractivity contribution in [1.29, 1.82) is 0 Å². The Morgan fingerprint density at radius 3 is 2.65 bits per heavy atom. The quantitative estimate of drug-likeness (QED) is 0.787. The first-order valence-corrected chi connectivity index (χ1v) is 6.91. The van der Waals surface area contributed by atoms with Gasteiger partial charge in [-0.2, -0.15) is 0 Å². The largest absolute Gasteiger partial charge is 0.341 e. The van der Waals surface area contributed by atoms with Gasteiger partial charge in [-0.1, -0.05) is 0 Å². The van der Waals surface area contributed by atoms with E-state index >= 15 is 0 Å². The van der Waals surface area contributed by atoms with Crippen LogP contribution in [0, 0.1) is 0 Å². The monoisotopic (exact) mass is 239 g/mol. The number of carbonyl (C=O) groups excluding carboxylic acids is 1. The molecule has 0 bridgehead atoms. The fourth-order valence-electron chi connectivity index (χ4n) is 2.87. The second-order valence-electron chi connectivity index (χ2n) is 5.37. The molecule has 4 heteroatoms. The molecular formula is C13H25N3O. The highest BCUT2D eigenvalue weighted by Gasteiger charge is 2.29. The molecule has 2 saturated heterocycles. The van der Waals surface area contributed by atoms with E-state index in [9.17, 15) is 4.79 Å². The smallest absolute Gasteiger partial charge is 0.239 e. The van der Waals surface area contributed by atoms with Gasteiger partial charge in [0.25, 0.3) is 0 Å². The zero-order valence-electron chi connectivity index (χ0n) is 11.1. The summed E-state index contributed by atoms with van der Waals surface area (Å²) >= 11 is 0. The van der Waals surface area contributed by atoms with Crippen LogP contribution in [0.25, 0.3) is 0 Å². The summed E-state index contributed by atoms with van der Waals surface area (Å²) in [6.07, 6.45) is 4.78. The lowest BCUT2D eigenvalue weighted by Crippen LogP contribution is -2.52. The lowest BCUT2D eigenvalue weighted by molar-refractivity contribution is -0.135. The first kappa shape index (κ1) is 12.8. The van der Waals surface area contributed by atoms with Crippen LogP contribution in [0.2, 0.25) is 0 Å². The van der Waals surface area contributed by atoms with Crippen molar-refractivity contribution in [2.45, 2.75) is 44.7 Å². The minimum absolute atomic E-state index is 0.0259. The van der Waals surface area contributed by atoms with Crippen LogP contribution in [0.4, 0.5) is 0 Å². The van der Waals surface area contributed by atoms with Gasteiger partial charge in [0, 0.05) is 25.7 Å². The molecule has 2 aliphatic rings. The first-order valence-electron chi connectivity index (χ1n) is 6.91. The molecule has 1 amide bonds. The average Bonchev–Trinajstić information content (AvgIpc) is 2.91. The lowest BCUT2D eigenvalue weighted by Gasteiger charge is -2.36. The van der Waals surface area contributed by atoms with E-state index in [4.69, 9.17) is 0 Å². The Kier molecular flexibility index (Phi) is 4.40. The van der Waals surface area contributed by atoms with E-state index in [0.717, 1.165) is 26.2 Å². The summed E-state index contributed by atoms with van der Waals surface area (Å²) < 4.78 is 0. The zero-order chi connectivity index (χ0) is 12.3. The number of amides is 1. The van der Waals surface area contributed by atoms with E-state index in [1.165, 1.54) is 25.7 Å². The van der Waals surface area contributed by atoms with Gasteiger partial charge in [-0.25, -0.2) is 0 Å². The maximum absolute atomic E-state index is 12.3. The molecule has 0 aromatic rings. The van der Waals surface area contributed by atoms with Crippen LogP contribution in [0.5, 0.6) is 0 Å². The molecule has 2 aliphatic heterocycles. The van der Waals surface area contributed by atoms with Crippen molar-refractivity contribution in [3.8, 4) is 0 Å². The van der Waals surface area contributed by atoms with E-state index in [-0.39, 0.29) is 6.04 Å². The molecule has 2 unspecified atom stereocenters. The fourth-order valence-corrected chi connectivity index (χ4v) is 2.87. The van der Waals surface area contributed by atoms with Gasteiger partial charge in [0.1, 0.15) is 0 Å². The summed E-state index contributed by atoms with van der Waals surface area (Å²) in [4.78, 5) is 16.6. The molecule has 2 atom stereocenters. The number of hydrogen-bond acceptors (Lipinski definition) is 3. The van der Waals surface area contributed by atoms with Crippen molar-refractivity contribution in [3.63, 3.8) is 0 Å². The van der Waals surface area contributed by atoms with Gasteiger partial charge in [-0.05, 0) is 46.2 Å². The van der Waals surface area contributed by atoms with Crippen LogP contribution < -0.4 is 5.32 Å². The SMILES string of the molecule is CC(C(=O)N1CCCC1)N(C)C1CCCNC1. The Morgan fingerprint density at radius 2 is 2.06 bits per heavy atom. The van der Waals surface area contributed by atoms with Gasteiger partial charge in [-0.3, -0.25) is 9.69 Å². The van der Waals surface area contributed by atoms with E-state index in [0.29, 0.717) is 11.9 Å². The third-order valence-electron chi connectivity index (χ3n) is 4.23. The molecule has 4 nitrogen and oxygen atoms in total. The minimum Gasteiger partial charge on any atom is -0.341 e. The molecule has 17 heavy (non-hydrogen) atoms. The Hall–Kier alpha value is -0.610. The molecule has 2 heterocycles. The standard InChI is InChI=1S/C13H25N3O/c1-11(13(17)16-8-3-4-9-16)15(2)12-6-5-7-14-10-12/h11-12,14H,3-10H2,1-2H3. The summed E-state index contributed by atoms with van der Waals surface area (Å²) in [7, 11) is 2.09. The van der Waals surface area contributed by atoms with Gasteiger partial charge >= 0.3 is 0 Å². The number of carbonyl (C=O) groups is 1. The summed E-state index contributed by atoms with van der Waals surface area (Å²) in [6, 6.07) is 0.545. The Morgan fingerprint density at radius 1 is 1.35 bits per heavy atom. The molecule has 0 spiro atoms. The lowest BCUT2D eigenvalue weighted by atomic mass is 10.0. The Balaban J connectivity index is 1.88. The van der Waals surface area contributed by atoms with Crippen LogP contribution in [0.15, 0.2) is 0 Å². The van der Waals surface area contributed by atoms with E-state index in [1.54, 1.807) is 0 Å². The minimum atomic E-state index is 0.0259. The Labute approximate surface area is 104 Å². The normalized spacial score (nSPS) is 27.5. The highest BCUT2D eigenvalue weighted by atomic mass is 16.2. The van der Waals surface area contributed by atoms with Crippen molar-refractivity contribution in [2.24, 2.45) is 0 Å². The highest BCUT2D eigenvalue weighted by molar-refractivity contribution is 5.81. The van der Waals surface area contributed by atoms with Crippen LogP contribution in [-0.2, 0) is 4.79 Å². The van der Waals surface area contributed by atoms with Crippen molar-refractivity contribution in [3.05, 3.63) is 0 Å². The molecular weight excluding hydrogens is 214 g/mol. The molecule has 0 aromatic carbocycles. The molecule has 1 N–H and O–H groups in total. The number of likely N-dealkylation sites (N-methyl/N-ethyl adjacent to an activating group) is 1. The highest BCUT2D eigenvalue weighted by Crippen LogP contribution is 2.15. The number of piperidine rings is 1. The van der Waals surface area contributed by atoms with E-state index in [1.807, 2.05) is 4.90 Å². The van der Waals surface area contributed by atoms with Gasteiger partial charge < -0.3 is 10.2 Å². The average molecular weight is 239 g/mol. The van der Waals surface area contributed by atoms with Gasteiger partial charge in [0.15, 0.2) is 0 Å². The third kappa shape index (κ3) is 2.99. The predicted molar refractivity (Wildman–Crippen MR) is 68.9 cm³/mol. The maximum Gasteiger partial charge on any atom is 0.239 e. The van der Waals surface area contributed by atoms with Gasteiger partial charge in [-0.15, -0.1) is 0 Å². The Bertz CT molecular complexity index is 257. The van der Waals surface area contributed by atoms with Crippen LogP contribution in [0.1, 0.15) is 32.6 Å². The number of hydrogen-bond donors (Lipinski definition) is 1. The number of likely N-dealkylation sites (tertiary alicyclic amines) is 1.